The van der Waals surface area contributed by atoms with Crippen LogP contribution in [0.15, 0.2) is 0 Å². The quantitative estimate of drug-likeness (QED) is 0.0941. The van der Waals surface area contributed by atoms with E-state index in [4.69, 9.17) is 9.47 Å². The molecular weight excluding hydrogens is 412 g/mol. The molecule has 1 radical (unpaired) electrons. The van der Waals surface area contributed by atoms with E-state index in [0.717, 1.165) is 25.7 Å². The highest BCUT2D eigenvalue weighted by Gasteiger charge is 2.05. The molecule has 0 bridgehead atoms. The molecule has 4 heteroatoms. The fourth-order valence-corrected chi connectivity index (χ4v) is 4.01. The second-order valence-electron chi connectivity index (χ2n) is 9.52. The van der Waals surface area contributed by atoms with Crippen LogP contribution in [-0.2, 0) is 19.1 Å². The summed E-state index contributed by atoms with van der Waals surface area (Å²) in [7, 11) is 0. The highest BCUT2D eigenvalue weighted by Crippen LogP contribution is 2.12. The molecule has 0 amide bonds. The molecule has 0 aliphatic rings. The molecule has 4 nitrogen and oxygen atoms in total. The molecule has 0 aliphatic carbocycles. The number of ether oxygens (including phenoxy) is 2. The average Bonchev–Trinajstić information content (AvgIpc) is 2.81. The first-order valence-electron chi connectivity index (χ1n) is 14.3. The van der Waals surface area contributed by atoms with E-state index in [0.29, 0.717) is 12.8 Å². The third-order valence-electron chi connectivity index (χ3n) is 6.19. The predicted octanol–water partition coefficient (Wildman–Crippen LogP) is 8.90. The van der Waals surface area contributed by atoms with Crippen LogP contribution < -0.4 is 0 Å². The minimum atomic E-state index is -0.150. The van der Waals surface area contributed by atoms with Crippen LogP contribution in [0.3, 0.4) is 0 Å². The van der Waals surface area contributed by atoms with Crippen molar-refractivity contribution in [3.63, 3.8) is 0 Å². The highest BCUT2D eigenvalue weighted by atomic mass is 16.5. The van der Waals surface area contributed by atoms with Crippen LogP contribution in [0.5, 0.6) is 0 Å². The van der Waals surface area contributed by atoms with Crippen molar-refractivity contribution in [2.45, 2.75) is 155 Å². The second-order valence-corrected chi connectivity index (χ2v) is 9.52. The van der Waals surface area contributed by atoms with Gasteiger partial charge in [-0.05, 0) is 12.8 Å². The summed E-state index contributed by atoms with van der Waals surface area (Å²) in [6.07, 6.45) is 27.8. The summed E-state index contributed by atoms with van der Waals surface area (Å²) >= 11 is 0. The summed E-state index contributed by atoms with van der Waals surface area (Å²) in [6.45, 7) is 4.95. The molecule has 0 saturated heterocycles. The molecule has 195 valence electrons. The van der Waals surface area contributed by atoms with E-state index < -0.39 is 0 Å². The Labute approximate surface area is 206 Å². The van der Waals surface area contributed by atoms with Gasteiger partial charge in [-0.25, -0.2) is 0 Å². The van der Waals surface area contributed by atoms with Gasteiger partial charge >= 0.3 is 11.9 Å². The van der Waals surface area contributed by atoms with E-state index in [9.17, 15) is 9.59 Å². The van der Waals surface area contributed by atoms with Gasteiger partial charge in [0, 0.05) is 19.3 Å². The van der Waals surface area contributed by atoms with Crippen molar-refractivity contribution in [3.8, 4) is 0 Å². The number of rotatable bonds is 26. The summed E-state index contributed by atoms with van der Waals surface area (Å²) in [5.74, 6) is -0.301. The lowest BCUT2D eigenvalue weighted by Crippen LogP contribution is -2.11. The van der Waals surface area contributed by atoms with Crippen LogP contribution in [-0.4, -0.2) is 25.2 Å². The largest absolute Gasteiger partial charge is 0.465 e. The first kappa shape index (κ1) is 31.9. The maximum atomic E-state index is 11.7. The molecule has 33 heavy (non-hydrogen) atoms. The third kappa shape index (κ3) is 27.1. The topological polar surface area (TPSA) is 52.6 Å². The summed E-state index contributed by atoms with van der Waals surface area (Å²) in [6, 6.07) is 0. The Kier molecular flexibility index (Phi) is 26.3. The lowest BCUT2D eigenvalue weighted by molar-refractivity contribution is -0.144. The standard InChI is InChI=1S/C29H55O4/c1-3-5-7-9-11-13-15-17-19-21-24-28(30)32-26-23-27-33-29(31)25-22-20-18-16-14-12-10-8-6-4-2/h23H,3-22,24-27H2,1-2H3. The minimum Gasteiger partial charge on any atom is -0.465 e. The minimum absolute atomic E-state index is 0.150. The Morgan fingerprint density at radius 3 is 1.03 bits per heavy atom. The van der Waals surface area contributed by atoms with Crippen molar-refractivity contribution < 1.29 is 19.1 Å². The van der Waals surface area contributed by atoms with Gasteiger partial charge in [0.25, 0.3) is 0 Å². The van der Waals surface area contributed by atoms with Crippen LogP contribution in [0.1, 0.15) is 155 Å². The molecular formula is C29H55O4. The monoisotopic (exact) mass is 467 g/mol. The van der Waals surface area contributed by atoms with Crippen molar-refractivity contribution in [1.82, 2.24) is 0 Å². The summed E-state index contributed by atoms with van der Waals surface area (Å²) in [5, 5.41) is 0. The molecule has 0 aromatic carbocycles. The third-order valence-corrected chi connectivity index (χ3v) is 6.19. The zero-order chi connectivity index (χ0) is 24.2. The Morgan fingerprint density at radius 2 is 0.727 bits per heavy atom. The molecule has 0 atom stereocenters. The number of hydrogen-bond donors (Lipinski definition) is 0. The van der Waals surface area contributed by atoms with Crippen LogP contribution >= 0.6 is 0 Å². The van der Waals surface area contributed by atoms with Crippen LogP contribution in [0.2, 0.25) is 0 Å². The van der Waals surface area contributed by atoms with Gasteiger partial charge in [0.2, 0.25) is 0 Å². The average molecular weight is 468 g/mol. The lowest BCUT2D eigenvalue weighted by atomic mass is 10.1. The number of unbranched alkanes of at least 4 members (excludes halogenated alkanes) is 18. The van der Waals surface area contributed by atoms with Crippen LogP contribution in [0, 0.1) is 6.42 Å². The van der Waals surface area contributed by atoms with Gasteiger partial charge in [-0.3, -0.25) is 9.59 Å². The van der Waals surface area contributed by atoms with E-state index >= 15 is 0 Å². The maximum absolute atomic E-state index is 11.7. The first-order valence-corrected chi connectivity index (χ1v) is 14.3. The van der Waals surface area contributed by atoms with E-state index in [1.165, 1.54) is 103 Å². The molecule has 0 saturated carbocycles. The van der Waals surface area contributed by atoms with Crippen molar-refractivity contribution in [2.75, 3.05) is 13.2 Å². The summed E-state index contributed by atoms with van der Waals surface area (Å²) < 4.78 is 10.4. The fourth-order valence-electron chi connectivity index (χ4n) is 4.01. The van der Waals surface area contributed by atoms with E-state index in [2.05, 4.69) is 13.8 Å². The Balaban J connectivity index is 3.28. The number of hydrogen-bond acceptors (Lipinski definition) is 4. The molecule has 0 fully saturated rings. The smallest absolute Gasteiger partial charge is 0.305 e. The molecule has 0 rings (SSSR count). The Hall–Kier alpha value is -1.06. The maximum Gasteiger partial charge on any atom is 0.305 e. The molecule has 0 aromatic rings. The number of esters is 2. The van der Waals surface area contributed by atoms with Crippen molar-refractivity contribution >= 4 is 11.9 Å². The van der Waals surface area contributed by atoms with E-state index in [1.807, 2.05) is 0 Å². The number of carbonyl (C=O) groups is 2. The van der Waals surface area contributed by atoms with Crippen molar-refractivity contribution in [2.24, 2.45) is 0 Å². The lowest BCUT2D eigenvalue weighted by Gasteiger charge is -2.06. The normalized spacial score (nSPS) is 11.0. The van der Waals surface area contributed by atoms with E-state index in [1.54, 1.807) is 6.42 Å². The summed E-state index contributed by atoms with van der Waals surface area (Å²) in [4.78, 5) is 23.5. The van der Waals surface area contributed by atoms with Gasteiger partial charge in [-0.1, -0.05) is 129 Å². The fraction of sp³-hybridized carbons (Fsp3) is 0.897. The zero-order valence-corrected chi connectivity index (χ0v) is 22.2. The van der Waals surface area contributed by atoms with Crippen LogP contribution in [0.25, 0.3) is 0 Å². The Bertz CT molecular complexity index is 384. The number of carbonyl (C=O) groups excluding carboxylic acids is 2. The van der Waals surface area contributed by atoms with Crippen molar-refractivity contribution in [3.05, 3.63) is 6.42 Å². The highest BCUT2D eigenvalue weighted by molar-refractivity contribution is 5.69. The molecule has 0 heterocycles. The van der Waals surface area contributed by atoms with Crippen molar-refractivity contribution in [1.29, 1.82) is 0 Å². The van der Waals surface area contributed by atoms with Crippen LogP contribution in [0.4, 0.5) is 0 Å². The SMILES string of the molecule is CCCCCCCCCCCCC(=O)OC[CH]COC(=O)CCCCCCCCCCCC. The van der Waals surface area contributed by atoms with Gasteiger partial charge < -0.3 is 9.47 Å². The van der Waals surface area contributed by atoms with Gasteiger partial charge in [-0.15, -0.1) is 0 Å². The van der Waals surface area contributed by atoms with Gasteiger partial charge in [0.05, 0.1) is 13.2 Å². The molecule has 0 spiro atoms. The zero-order valence-electron chi connectivity index (χ0n) is 22.2. The second kappa shape index (κ2) is 27.2. The predicted molar refractivity (Wildman–Crippen MR) is 139 cm³/mol. The van der Waals surface area contributed by atoms with Gasteiger partial charge in [0.15, 0.2) is 0 Å². The molecule has 0 unspecified atom stereocenters. The Morgan fingerprint density at radius 1 is 0.455 bits per heavy atom. The van der Waals surface area contributed by atoms with Gasteiger partial charge in [0.1, 0.15) is 0 Å². The summed E-state index contributed by atoms with van der Waals surface area (Å²) in [5.41, 5.74) is 0. The molecule has 0 aromatic heterocycles. The van der Waals surface area contributed by atoms with Gasteiger partial charge in [-0.2, -0.15) is 0 Å². The molecule has 0 N–H and O–H groups in total. The van der Waals surface area contributed by atoms with E-state index in [-0.39, 0.29) is 25.2 Å². The first-order chi connectivity index (χ1) is 16.2. The molecule has 0 aliphatic heterocycles.